The summed E-state index contributed by atoms with van der Waals surface area (Å²) in [6.07, 6.45) is 1.56. The van der Waals surface area contributed by atoms with Gasteiger partial charge in [-0.05, 0) is 60.6 Å². The number of amides is 1. The standard InChI is InChI=1S/C22H16ClN3O5S/c1-12-3-4-13(23)9-17(12)24-22-25-21(27)20(32-22)11-15-6-8-19(31-15)16-7-5-14(30-2)10-18(16)26(28)29/h3-11H,1-2H3,(H,24,25,27)/b20-11-. The molecule has 8 nitrogen and oxygen atoms in total. The molecule has 162 valence electrons. The fourth-order valence-electron chi connectivity index (χ4n) is 3.00. The number of nitro benzene ring substituents is 1. The first kappa shape index (κ1) is 21.7. The number of ether oxygens (including phenoxy) is 1. The van der Waals surface area contributed by atoms with Crippen LogP contribution in [0.3, 0.4) is 0 Å². The third-order valence-electron chi connectivity index (χ3n) is 4.61. The van der Waals surface area contributed by atoms with Gasteiger partial charge in [-0.2, -0.15) is 0 Å². The highest BCUT2D eigenvalue weighted by Crippen LogP contribution is 2.35. The number of nitrogens with one attached hydrogen (secondary N) is 1. The first-order valence-electron chi connectivity index (χ1n) is 9.32. The highest BCUT2D eigenvalue weighted by atomic mass is 35.5. The molecule has 1 amide bonds. The summed E-state index contributed by atoms with van der Waals surface area (Å²) in [5.41, 5.74) is 1.75. The van der Waals surface area contributed by atoms with Gasteiger partial charge in [-0.25, -0.2) is 4.99 Å². The quantitative estimate of drug-likeness (QED) is 0.291. The fourth-order valence-corrected chi connectivity index (χ4v) is 3.98. The number of aryl methyl sites for hydroxylation is 1. The summed E-state index contributed by atoms with van der Waals surface area (Å²) in [5, 5.41) is 15.1. The Balaban J connectivity index is 1.60. The molecule has 2 heterocycles. The van der Waals surface area contributed by atoms with Gasteiger partial charge in [0.1, 0.15) is 17.3 Å². The number of carbonyl (C=O) groups is 1. The molecule has 3 aromatic rings. The van der Waals surface area contributed by atoms with E-state index in [4.69, 9.17) is 20.8 Å². The van der Waals surface area contributed by atoms with Gasteiger partial charge in [0.25, 0.3) is 11.6 Å². The first-order valence-corrected chi connectivity index (χ1v) is 10.5. The third-order valence-corrected chi connectivity index (χ3v) is 5.76. The lowest BCUT2D eigenvalue weighted by atomic mass is 10.1. The van der Waals surface area contributed by atoms with Gasteiger partial charge in [-0.15, -0.1) is 0 Å². The number of nitrogens with zero attached hydrogens (tertiary/aromatic N) is 2. The smallest absolute Gasteiger partial charge is 0.284 e. The number of amidine groups is 1. The number of furan rings is 1. The Labute approximate surface area is 192 Å². The Hall–Kier alpha value is -3.56. The summed E-state index contributed by atoms with van der Waals surface area (Å²) in [4.78, 5) is 28.2. The summed E-state index contributed by atoms with van der Waals surface area (Å²) >= 11 is 7.19. The Morgan fingerprint density at radius 1 is 1.22 bits per heavy atom. The van der Waals surface area contributed by atoms with Crippen molar-refractivity contribution in [1.29, 1.82) is 0 Å². The van der Waals surface area contributed by atoms with Crippen LogP contribution >= 0.6 is 23.4 Å². The van der Waals surface area contributed by atoms with E-state index >= 15 is 0 Å². The number of hydrogen-bond acceptors (Lipinski definition) is 7. The molecule has 32 heavy (non-hydrogen) atoms. The molecule has 0 spiro atoms. The van der Waals surface area contributed by atoms with E-state index in [-0.39, 0.29) is 11.6 Å². The van der Waals surface area contributed by atoms with Gasteiger partial charge in [-0.1, -0.05) is 17.7 Å². The summed E-state index contributed by atoms with van der Waals surface area (Å²) in [6, 6.07) is 13.1. The van der Waals surface area contributed by atoms with E-state index in [0.29, 0.717) is 43.6 Å². The van der Waals surface area contributed by atoms with E-state index in [9.17, 15) is 14.9 Å². The topological polar surface area (TPSA) is 107 Å². The van der Waals surface area contributed by atoms with Crippen molar-refractivity contribution in [2.45, 2.75) is 6.92 Å². The molecule has 1 saturated heterocycles. The normalized spacial score (nSPS) is 15.9. The minimum atomic E-state index is -0.501. The minimum Gasteiger partial charge on any atom is -0.497 e. The number of benzene rings is 2. The van der Waals surface area contributed by atoms with Crippen LogP contribution in [0.25, 0.3) is 17.4 Å². The average Bonchev–Trinajstić information content (AvgIpc) is 3.37. The van der Waals surface area contributed by atoms with E-state index in [1.807, 2.05) is 13.0 Å². The zero-order chi connectivity index (χ0) is 22.8. The van der Waals surface area contributed by atoms with E-state index < -0.39 is 4.92 Å². The molecular weight excluding hydrogens is 454 g/mol. The van der Waals surface area contributed by atoms with Crippen LogP contribution in [0.1, 0.15) is 11.3 Å². The molecule has 2 aromatic carbocycles. The molecule has 1 aliphatic rings. The molecule has 0 atom stereocenters. The monoisotopic (exact) mass is 469 g/mol. The van der Waals surface area contributed by atoms with Crippen LogP contribution in [0.5, 0.6) is 5.75 Å². The molecule has 1 fully saturated rings. The lowest BCUT2D eigenvalue weighted by Gasteiger charge is -2.03. The van der Waals surface area contributed by atoms with E-state index in [0.717, 1.165) is 17.3 Å². The number of rotatable bonds is 5. The number of methoxy groups -OCH3 is 1. The van der Waals surface area contributed by atoms with E-state index in [1.165, 1.54) is 13.2 Å². The molecule has 10 heteroatoms. The molecule has 0 bridgehead atoms. The molecule has 0 saturated carbocycles. The number of hydrogen-bond donors (Lipinski definition) is 1. The Kier molecular flexibility index (Phi) is 6.02. The van der Waals surface area contributed by atoms with Crippen LogP contribution in [0.4, 0.5) is 11.4 Å². The third kappa shape index (κ3) is 4.53. The van der Waals surface area contributed by atoms with Gasteiger partial charge in [0.15, 0.2) is 5.17 Å². The van der Waals surface area contributed by atoms with E-state index in [1.54, 1.807) is 42.5 Å². The molecular formula is C22H16ClN3O5S. The molecule has 0 aliphatic carbocycles. The number of carbonyl (C=O) groups excluding carboxylic acids is 1. The van der Waals surface area contributed by atoms with Crippen LogP contribution in [-0.4, -0.2) is 23.1 Å². The SMILES string of the molecule is COc1ccc(-c2ccc(/C=C3\SC(=Nc4cc(Cl)ccc4C)NC3=O)o2)c([N+](=O)[O-])c1. The van der Waals surface area contributed by atoms with Gasteiger partial charge in [-0.3, -0.25) is 14.9 Å². The number of thioether (sulfide) groups is 1. The van der Waals surface area contributed by atoms with Crippen molar-refractivity contribution in [3.05, 3.63) is 79.9 Å². The molecule has 1 N–H and O–H groups in total. The number of aliphatic imine (C=N–C) groups is 1. The van der Waals surface area contributed by atoms with Crippen LogP contribution in [0.15, 0.2) is 62.8 Å². The lowest BCUT2D eigenvalue weighted by molar-refractivity contribution is -0.384. The Morgan fingerprint density at radius 2 is 2.03 bits per heavy atom. The summed E-state index contributed by atoms with van der Waals surface area (Å²) in [6.45, 7) is 1.90. The lowest BCUT2D eigenvalue weighted by Crippen LogP contribution is -2.19. The van der Waals surface area contributed by atoms with Gasteiger partial charge in [0.05, 0.1) is 34.3 Å². The summed E-state index contributed by atoms with van der Waals surface area (Å²) in [7, 11) is 1.44. The predicted octanol–water partition coefficient (Wildman–Crippen LogP) is 5.72. The summed E-state index contributed by atoms with van der Waals surface area (Å²) in [5.74, 6) is 0.734. The van der Waals surface area contributed by atoms with Gasteiger partial charge in [0.2, 0.25) is 0 Å². The highest BCUT2D eigenvalue weighted by molar-refractivity contribution is 8.18. The van der Waals surface area contributed by atoms with Crippen LogP contribution in [0.2, 0.25) is 5.02 Å². The highest BCUT2D eigenvalue weighted by Gasteiger charge is 2.25. The second-order valence-electron chi connectivity index (χ2n) is 6.75. The number of halogens is 1. The minimum absolute atomic E-state index is 0.141. The van der Waals surface area contributed by atoms with Crippen molar-refractivity contribution in [2.24, 2.45) is 4.99 Å². The maximum atomic E-state index is 12.4. The van der Waals surface area contributed by atoms with Crippen molar-refractivity contribution in [3.8, 4) is 17.1 Å². The average molecular weight is 470 g/mol. The predicted molar refractivity (Wildman–Crippen MR) is 124 cm³/mol. The maximum Gasteiger partial charge on any atom is 0.284 e. The second-order valence-corrected chi connectivity index (χ2v) is 8.22. The maximum absolute atomic E-state index is 12.4. The fraction of sp³-hybridized carbons (Fsp3) is 0.0909. The first-order chi connectivity index (χ1) is 15.3. The summed E-state index contributed by atoms with van der Waals surface area (Å²) < 4.78 is 10.8. The van der Waals surface area contributed by atoms with Crippen LogP contribution < -0.4 is 10.1 Å². The van der Waals surface area contributed by atoms with Crippen LogP contribution in [0, 0.1) is 17.0 Å². The van der Waals surface area contributed by atoms with Crippen molar-refractivity contribution in [3.63, 3.8) is 0 Å². The molecule has 1 aromatic heterocycles. The van der Waals surface area contributed by atoms with Crippen molar-refractivity contribution in [1.82, 2.24) is 5.32 Å². The molecule has 0 radical (unpaired) electrons. The van der Waals surface area contributed by atoms with Crippen molar-refractivity contribution in [2.75, 3.05) is 7.11 Å². The zero-order valence-electron chi connectivity index (χ0n) is 16.9. The van der Waals surface area contributed by atoms with Gasteiger partial charge in [0, 0.05) is 11.1 Å². The van der Waals surface area contributed by atoms with Crippen molar-refractivity contribution >= 4 is 51.9 Å². The van der Waals surface area contributed by atoms with Gasteiger partial charge >= 0.3 is 0 Å². The Bertz CT molecular complexity index is 1300. The Morgan fingerprint density at radius 3 is 2.78 bits per heavy atom. The molecule has 4 rings (SSSR count). The molecule has 0 unspecified atom stereocenters. The van der Waals surface area contributed by atoms with Crippen molar-refractivity contribution < 1.29 is 18.9 Å². The zero-order valence-corrected chi connectivity index (χ0v) is 18.5. The second kappa shape index (κ2) is 8.89. The number of nitro groups is 1. The van der Waals surface area contributed by atoms with Crippen LogP contribution in [-0.2, 0) is 4.79 Å². The molecule has 1 aliphatic heterocycles. The van der Waals surface area contributed by atoms with Gasteiger partial charge < -0.3 is 14.5 Å². The largest absolute Gasteiger partial charge is 0.497 e. The van der Waals surface area contributed by atoms with E-state index in [2.05, 4.69) is 10.3 Å².